The number of ether oxygens (including phenoxy) is 1. The lowest BCUT2D eigenvalue weighted by molar-refractivity contribution is -0.155. The van der Waals surface area contributed by atoms with Gasteiger partial charge in [0.05, 0.1) is 0 Å². The fraction of sp³-hybridized carbons (Fsp3) is 0.269. The molecule has 3 rings (SSSR count). The van der Waals surface area contributed by atoms with Gasteiger partial charge >= 0.3 is 5.97 Å². The molecule has 0 aromatic heterocycles. The van der Waals surface area contributed by atoms with Crippen molar-refractivity contribution in [3.8, 4) is 0 Å². The molecule has 1 N–H and O–H groups in total. The summed E-state index contributed by atoms with van der Waals surface area (Å²) in [7, 11) is 0. The summed E-state index contributed by atoms with van der Waals surface area (Å²) in [5.41, 5.74) is 1.67. The molecule has 0 aliphatic heterocycles. The van der Waals surface area contributed by atoms with Crippen molar-refractivity contribution in [3.05, 3.63) is 108 Å². The van der Waals surface area contributed by atoms with Crippen LogP contribution in [0.4, 0.5) is 0 Å². The van der Waals surface area contributed by atoms with Gasteiger partial charge in [-0.2, -0.15) is 12.6 Å². The SMILES string of the molecule is CCCCN[C@H](CS)C(=O)OC(c1ccccc1)(c1ccccc1)c1ccccc1. The van der Waals surface area contributed by atoms with E-state index in [4.69, 9.17) is 4.74 Å². The second-order valence-corrected chi connectivity index (χ2v) is 7.61. The smallest absolute Gasteiger partial charge is 0.325 e. The van der Waals surface area contributed by atoms with Crippen LogP contribution in [0.3, 0.4) is 0 Å². The molecular weight excluding hydrogens is 390 g/mol. The maximum atomic E-state index is 13.4. The van der Waals surface area contributed by atoms with Gasteiger partial charge in [-0.05, 0) is 13.0 Å². The van der Waals surface area contributed by atoms with Crippen LogP contribution in [0.15, 0.2) is 91.0 Å². The Labute approximate surface area is 184 Å². The monoisotopic (exact) mass is 419 g/mol. The third kappa shape index (κ3) is 4.94. The molecule has 0 heterocycles. The van der Waals surface area contributed by atoms with E-state index < -0.39 is 11.6 Å². The Hall–Kier alpha value is -2.56. The van der Waals surface area contributed by atoms with Gasteiger partial charge in [-0.3, -0.25) is 4.79 Å². The van der Waals surface area contributed by atoms with Gasteiger partial charge in [0.1, 0.15) is 6.04 Å². The average molecular weight is 420 g/mol. The summed E-state index contributed by atoms with van der Waals surface area (Å²) in [5.74, 6) is 0.0643. The maximum absolute atomic E-state index is 13.4. The van der Waals surface area contributed by atoms with Gasteiger partial charge in [-0.1, -0.05) is 104 Å². The minimum absolute atomic E-state index is 0.308. The number of carbonyl (C=O) groups excluding carboxylic acids is 1. The Morgan fingerprint density at radius 1 is 0.867 bits per heavy atom. The van der Waals surface area contributed by atoms with Gasteiger partial charge in [0.2, 0.25) is 0 Å². The van der Waals surface area contributed by atoms with Gasteiger partial charge in [-0.25, -0.2) is 0 Å². The van der Waals surface area contributed by atoms with Crippen LogP contribution in [0.5, 0.6) is 0 Å². The third-order valence-corrected chi connectivity index (χ3v) is 5.55. The van der Waals surface area contributed by atoms with E-state index >= 15 is 0 Å². The Kier molecular flexibility index (Phi) is 8.12. The minimum atomic E-state index is -1.05. The van der Waals surface area contributed by atoms with Crippen LogP contribution in [0.1, 0.15) is 36.5 Å². The third-order valence-electron chi connectivity index (χ3n) is 5.18. The minimum Gasteiger partial charge on any atom is -0.443 e. The number of unbranched alkanes of at least 4 members (excludes halogenated alkanes) is 1. The number of rotatable bonds is 10. The van der Waals surface area contributed by atoms with Gasteiger partial charge in [0, 0.05) is 22.4 Å². The molecule has 0 fully saturated rings. The molecule has 0 saturated carbocycles. The zero-order chi connectivity index (χ0) is 21.2. The number of hydrogen-bond donors (Lipinski definition) is 2. The molecule has 0 unspecified atom stereocenters. The Morgan fingerprint density at radius 2 is 1.30 bits per heavy atom. The summed E-state index contributed by atoms with van der Waals surface area (Å²) in [6.07, 6.45) is 2.06. The molecule has 0 spiro atoms. The van der Waals surface area contributed by atoms with Crippen LogP contribution in [0.2, 0.25) is 0 Å². The number of hydrogen-bond acceptors (Lipinski definition) is 4. The summed E-state index contributed by atoms with van der Waals surface area (Å²) >= 11 is 4.41. The lowest BCUT2D eigenvalue weighted by atomic mass is 9.80. The van der Waals surface area contributed by atoms with Crippen LogP contribution in [-0.4, -0.2) is 24.3 Å². The highest BCUT2D eigenvalue weighted by molar-refractivity contribution is 7.80. The molecule has 1 atom stereocenters. The maximum Gasteiger partial charge on any atom is 0.325 e. The van der Waals surface area contributed by atoms with Gasteiger partial charge < -0.3 is 10.1 Å². The predicted molar refractivity (Wildman–Crippen MR) is 126 cm³/mol. The zero-order valence-corrected chi connectivity index (χ0v) is 18.2. The molecule has 3 aromatic carbocycles. The standard InChI is InChI=1S/C26H29NO2S/c1-2-3-19-27-24(20-30)25(28)29-26(21-13-7-4-8-14-21,22-15-9-5-10-16-22)23-17-11-6-12-18-23/h4-18,24,27,30H,2-3,19-20H2,1H3/t24-/m1/s1. The molecule has 0 bridgehead atoms. The summed E-state index contributed by atoms with van der Waals surface area (Å²) in [4.78, 5) is 13.4. The fourth-order valence-electron chi connectivity index (χ4n) is 3.59. The molecule has 3 aromatic rings. The van der Waals surface area contributed by atoms with Crippen LogP contribution >= 0.6 is 12.6 Å². The molecule has 30 heavy (non-hydrogen) atoms. The second kappa shape index (κ2) is 11.0. The van der Waals surface area contributed by atoms with E-state index in [1.54, 1.807) is 0 Å². The van der Waals surface area contributed by atoms with Crippen molar-refractivity contribution in [1.82, 2.24) is 5.32 Å². The number of benzene rings is 3. The van der Waals surface area contributed by atoms with Crippen molar-refractivity contribution in [2.45, 2.75) is 31.4 Å². The Morgan fingerprint density at radius 3 is 1.67 bits per heavy atom. The number of carbonyl (C=O) groups is 1. The van der Waals surface area contributed by atoms with Crippen molar-refractivity contribution >= 4 is 18.6 Å². The topological polar surface area (TPSA) is 38.3 Å². The summed E-state index contributed by atoms with van der Waals surface area (Å²) in [6.45, 7) is 2.88. The highest BCUT2D eigenvalue weighted by Crippen LogP contribution is 2.40. The van der Waals surface area contributed by atoms with Crippen LogP contribution in [0, 0.1) is 0 Å². The summed E-state index contributed by atoms with van der Waals surface area (Å²) in [5, 5.41) is 3.30. The molecule has 3 nitrogen and oxygen atoms in total. The first-order valence-corrected chi connectivity index (χ1v) is 11.1. The first-order valence-electron chi connectivity index (χ1n) is 10.5. The Bertz CT molecular complexity index is 803. The summed E-state index contributed by atoms with van der Waals surface area (Å²) < 4.78 is 6.43. The van der Waals surface area contributed by atoms with Crippen molar-refractivity contribution in [2.75, 3.05) is 12.3 Å². The van der Waals surface area contributed by atoms with Crippen molar-refractivity contribution in [3.63, 3.8) is 0 Å². The normalized spacial score (nSPS) is 12.3. The highest BCUT2D eigenvalue weighted by atomic mass is 32.1. The van der Waals surface area contributed by atoms with Crippen LogP contribution in [0.25, 0.3) is 0 Å². The number of esters is 1. The highest BCUT2D eigenvalue weighted by Gasteiger charge is 2.41. The largest absolute Gasteiger partial charge is 0.443 e. The molecular formula is C26H29NO2S. The van der Waals surface area contributed by atoms with Gasteiger partial charge in [-0.15, -0.1) is 0 Å². The van der Waals surface area contributed by atoms with E-state index in [1.165, 1.54) is 0 Å². The zero-order valence-electron chi connectivity index (χ0n) is 17.3. The molecule has 0 amide bonds. The van der Waals surface area contributed by atoms with Crippen LogP contribution < -0.4 is 5.32 Å². The molecule has 0 aliphatic rings. The quantitative estimate of drug-likeness (QED) is 0.205. The van der Waals surface area contributed by atoms with Crippen molar-refractivity contribution in [2.24, 2.45) is 0 Å². The average Bonchev–Trinajstić information content (AvgIpc) is 2.82. The lowest BCUT2D eigenvalue weighted by Gasteiger charge is -2.36. The van der Waals surface area contributed by atoms with Crippen molar-refractivity contribution in [1.29, 1.82) is 0 Å². The fourth-order valence-corrected chi connectivity index (χ4v) is 3.87. The molecule has 0 radical (unpaired) electrons. The van der Waals surface area contributed by atoms with Gasteiger partial charge in [0.15, 0.2) is 5.60 Å². The van der Waals surface area contributed by atoms with Gasteiger partial charge in [0.25, 0.3) is 0 Å². The van der Waals surface area contributed by atoms with E-state index in [-0.39, 0.29) is 5.97 Å². The lowest BCUT2D eigenvalue weighted by Crippen LogP contribution is -2.45. The van der Waals surface area contributed by atoms with E-state index in [9.17, 15) is 4.79 Å². The second-order valence-electron chi connectivity index (χ2n) is 7.24. The Balaban J connectivity index is 2.10. The molecule has 156 valence electrons. The predicted octanol–water partition coefficient (Wildman–Crippen LogP) is 5.21. The molecule has 4 heteroatoms. The van der Waals surface area contributed by atoms with Crippen molar-refractivity contribution < 1.29 is 9.53 Å². The van der Waals surface area contributed by atoms with Crippen LogP contribution in [-0.2, 0) is 15.1 Å². The number of nitrogens with one attached hydrogen (secondary N) is 1. The summed E-state index contributed by atoms with van der Waals surface area (Å²) in [6, 6.07) is 29.3. The number of thiol groups is 1. The molecule has 0 saturated heterocycles. The van der Waals surface area contributed by atoms with E-state index in [0.717, 1.165) is 36.1 Å². The molecule has 0 aliphatic carbocycles. The van der Waals surface area contributed by atoms with E-state index in [1.807, 2.05) is 91.0 Å². The first-order chi connectivity index (χ1) is 14.7. The van der Waals surface area contributed by atoms with E-state index in [0.29, 0.717) is 5.75 Å². The first kappa shape index (κ1) is 22.1. The van der Waals surface area contributed by atoms with E-state index in [2.05, 4.69) is 24.9 Å².